The molecular formula is C21H51NO7Si5. The predicted octanol–water partition coefficient (Wildman–Crippen LogP) is 4.66. The molecule has 0 aliphatic rings. The van der Waals surface area contributed by atoms with Crippen LogP contribution in [0.25, 0.3) is 0 Å². The van der Waals surface area contributed by atoms with E-state index in [9.17, 15) is 9.59 Å². The van der Waals surface area contributed by atoms with E-state index < -0.39 is 48.4 Å². The third-order valence-corrected chi connectivity index (χ3v) is 18.4. The van der Waals surface area contributed by atoms with Gasteiger partial charge in [-0.15, -0.1) is 0 Å². The van der Waals surface area contributed by atoms with Gasteiger partial charge in [0.1, 0.15) is 0 Å². The Morgan fingerprint density at radius 2 is 1.35 bits per heavy atom. The Kier molecular flexibility index (Phi) is 13.6. The number of nitrogens with one attached hydrogen (secondary N) is 1. The van der Waals surface area contributed by atoms with Crippen LogP contribution in [0.4, 0.5) is 0 Å². The van der Waals surface area contributed by atoms with Gasteiger partial charge in [-0.25, -0.2) is 0 Å². The Bertz CT molecular complexity index is 641. The van der Waals surface area contributed by atoms with Crippen molar-refractivity contribution in [1.82, 2.24) is 5.32 Å². The molecule has 0 aromatic rings. The van der Waals surface area contributed by atoms with E-state index in [-0.39, 0.29) is 19.1 Å². The summed E-state index contributed by atoms with van der Waals surface area (Å²) < 4.78 is 30.8. The van der Waals surface area contributed by atoms with Crippen molar-refractivity contribution in [2.24, 2.45) is 0 Å². The highest BCUT2D eigenvalue weighted by molar-refractivity contribution is 6.87. The fraction of sp³-hybridized carbons (Fsp3) is 0.857. The van der Waals surface area contributed by atoms with Gasteiger partial charge in [0.25, 0.3) is 0 Å². The Labute approximate surface area is 213 Å². The Hall–Kier alpha value is 0.0544. The summed E-state index contributed by atoms with van der Waals surface area (Å²) in [7, 11) is -11.2. The van der Waals surface area contributed by atoms with Crippen LogP contribution in [0.5, 0.6) is 0 Å². The molecule has 2 N–H and O–H groups in total. The maximum Gasteiger partial charge on any atom is 0.484 e. The van der Waals surface area contributed by atoms with Crippen molar-refractivity contribution in [2.45, 2.75) is 97.5 Å². The molecule has 0 aromatic carbocycles. The zero-order valence-corrected chi connectivity index (χ0v) is 28.7. The molecule has 0 fully saturated rings. The first kappa shape index (κ1) is 34.1. The molecule has 2 unspecified atom stereocenters. The minimum absolute atomic E-state index is 0.202. The van der Waals surface area contributed by atoms with Gasteiger partial charge < -0.3 is 31.6 Å². The van der Waals surface area contributed by atoms with E-state index in [0.717, 1.165) is 12.5 Å². The number of hydrogen-bond donors (Lipinski definition) is 2. The molecule has 34 heavy (non-hydrogen) atoms. The van der Waals surface area contributed by atoms with E-state index >= 15 is 0 Å². The van der Waals surface area contributed by atoms with Crippen molar-refractivity contribution < 1.29 is 31.1 Å². The third-order valence-electron chi connectivity index (χ3n) is 4.03. The maximum atomic E-state index is 12.0. The van der Waals surface area contributed by atoms with Gasteiger partial charge in [-0.2, -0.15) is 0 Å². The molecule has 0 rings (SSSR count). The summed E-state index contributed by atoms with van der Waals surface area (Å²) in [5, 5.41) is 2.78. The molecule has 1 amide bonds. The molecule has 0 saturated heterocycles. The molecule has 0 aromatic heterocycles. The zero-order chi connectivity index (χ0) is 27.0. The molecule has 0 radical (unpaired) electrons. The predicted molar refractivity (Wildman–Crippen MR) is 152 cm³/mol. The Morgan fingerprint density at radius 1 is 0.882 bits per heavy atom. The molecule has 0 saturated carbocycles. The number of ether oxygens (including phenoxy) is 1. The molecule has 8 nitrogen and oxygen atoms in total. The van der Waals surface area contributed by atoms with Gasteiger partial charge in [-0.1, -0.05) is 6.58 Å². The van der Waals surface area contributed by atoms with Crippen molar-refractivity contribution in [3.05, 3.63) is 12.2 Å². The number of hydrogen-bond acceptors (Lipinski definition) is 7. The number of carbonyl (C=O) groups excluding carboxylic acids is 1. The highest BCUT2D eigenvalue weighted by atomic mass is 28.5. The van der Waals surface area contributed by atoms with Gasteiger partial charge in [0.15, 0.2) is 25.0 Å². The van der Waals surface area contributed by atoms with E-state index in [4.69, 9.17) is 21.5 Å². The van der Waals surface area contributed by atoms with E-state index in [1.165, 1.54) is 0 Å². The lowest BCUT2D eigenvalue weighted by atomic mass is 10.3. The lowest BCUT2D eigenvalue weighted by molar-refractivity contribution is -0.118. The van der Waals surface area contributed by atoms with E-state index in [2.05, 4.69) is 57.7 Å². The molecule has 0 aliphatic heterocycles. The van der Waals surface area contributed by atoms with Crippen molar-refractivity contribution in [3.8, 4) is 0 Å². The number of amides is 1. The van der Waals surface area contributed by atoms with Crippen LogP contribution in [-0.2, 0) is 26.3 Å². The van der Waals surface area contributed by atoms with Crippen LogP contribution in [0.1, 0.15) is 13.3 Å². The fourth-order valence-electron chi connectivity index (χ4n) is 3.52. The molecule has 2 atom stereocenters. The molecular weight excluding hydrogens is 519 g/mol. The van der Waals surface area contributed by atoms with Gasteiger partial charge in [0, 0.05) is 25.3 Å². The summed E-state index contributed by atoms with van der Waals surface area (Å²) in [4.78, 5) is 22.7. The van der Waals surface area contributed by atoms with Crippen molar-refractivity contribution in [1.29, 1.82) is 0 Å². The summed E-state index contributed by atoms with van der Waals surface area (Å²) in [6, 6.07) is 0.852. The number of rotatable bonds is 17. The van der Waals surface area contributed by atoms with Crippen LogP contribution >= 0.6 is 0 Å². The van der Waals surface area contributed by atoms with Crippen molar-refractivity contribution in [3.63, 3.8) is 0 Å². The molecule has 0 heterocycles. The summed E-state index contributed by atoms with van der Waals surface area (Å²) in [5.41, 5.74) is 0.413. The second-order valence-electron chi connectivity index (χ2n) is 12.1. The topological polar surface area (TPSA) is 95.5 Å². The van der Waals surface area contributed by atoms with Gasteiger partial charge in [-0.05, 0) is 84.9 Å². The lowest BCUT2D eigenvalue weighted by Gasteiger charge is -2.38. The molecule has 0 spiro atoms. The monoisotopic (exact) mass is 569 g/mol. The second kappa shape index (κ2) is 13.6. The van der Waals surface area contributed by atoms with E-state index in [1.807, 2.05) is 19.6 Å². The largest absolute Gasteiger partial charge is 0.484 e. The second-order valence-corrected chi connectivity index (χ2v) is 32.0. The van der Waals surface area contributed by atoms with E-state index in [1.54, 1.807) is 13.5 Å². The first-order chi connectivity index (χ1) is 15.0. The molecule has 13 heteroatoms. The lowest BCUT2D eigenvalue weighted by Crippen LogP contribution is -2.52. The quantitative estimate of drug-likeness (QED) is 0.149. The normalized spacial score (nSPS) is 16.1. The summed E-state index contributed by atoms with van der Waals surface area (Å²) in [5.74, 6) is -0.255. The third kappa shape index (κ3) is 18.3. The molecule has 202 valence electrons. The first-order valence-electron chi connectivity index (χ1n) is 12.0. The van der Waals surface area contributed by atoms with Gasteiger partial charge in [-0.3, -0.25) is 4.79 Å². The van der Waals surface area contributed by atoms with Crippen LogP contribution in [-0.4, -0.2) is 78.9 Å². The summed E-state index contributed by atoms with van der Waals surface area (Å²) in [6.45, 7) is 29.2. The SMILES string of the molecule is C=C(C)C(=O)NCC(COCCC[Si](C)(O[Si](C)(C)C)O[Si](C)(C)C)O[Si](C)(O)O[Si](C)(C)C. The summed E-state index contributed by atoms with van der Waals surface area (Å²) >= 11 is 0. The van der Waals surface area contributed by atoms with Crippen LogP contribution in [0, 0.1) is 0 Å². The van der Waals surface area contributed by atoms with Crippen LogP contribution in [0.2, 0.25) is 78.1 Å². The first-order valence-corrected chi connectivity index (χ1v) is 27.1. The minimum atomic E-state index is -3.37. The average molecular weight is 570 g/mol. The van der Waals surface area contributed by atoms with Crippen LogP contribution in [0.3, 0.4) is 0 Å². The standard InChI is InChI=1S/C21H51NO7Si5/c1-19(2)21(23)22-17-20(26-34(13,24)29-32(9,10)11)18-25-15-14-16-33(12,27-30(3,4)5)28-31(6,7)8/h20,24H,1,14-18H2,2-13H3,(H,22,23). The van der Waals surface area contributed by atoms with Gasteiger partial charge in [0.2, 0.25) is 5.91 Å². The van der Waals surface area contributed by atoms with Crippen molar-refractivity contribution in [2.75, 3.05) is 19.8 Å². The Balaban J connectivity index is 5.01. The van der Waals surface area contributed by atoms with Crippen LogP contribution < -0.4 is 5.32 Å². The van der Waals surface area contributed by atoms with Crippen LogP contribution in [0.15, 0.2) is 12.2 Å². The highest BCUT2D eigenvalue weighted by Crippen LogP contribution is 2.25. The molecule has 0 aliphatic carbocycles. The minimum Gasteiger partial charge on any atom is -0.437 e. The summed E-state index contributed by atoms with van der Waals surface area (Å²) in [6.07, 6.45) is 0.281. The van der Waals surface area contributed by atoms with Gasteiger partial charge >= 0.3 is 17.4 Å². The van der Waals surface area contributed by atoms with Gasteiger partial charge in [0.05, 0.1) is 12.7 Å². The van der Waals surface area contributed by atoms with E-state index in [0.29, 0.717) is 12.2 Å². The number of carbonyl (C=O) groups is 1. The molecule has 0 bridgehead atoms. The Morgan fingerprint density at radius 3 is 1.76 bits per heavy atom. The zero-order valence-electron chi connectivity index (χ0n) is 23.7. The average Bonchev–Trinajstić information content (AvgIpc) is 2.52. The maximum absolute atomic E-state index is 12.0. The smallest absolute Gasteiger partial charge is 0.437 e. The highest BCUT2D eigenvalue weighted by Gasteiger charge is 2.40. The fourth-order valence-corrected chi connectivity index (χ4v) is 21.5. The van der Waals surface area contributed by atoms with Crippen molar-refractivity contribution >= 4 is 48.2 Å².